The lowest BCUT2D eigenvalue weighted by molar-refractivity contribution is 0.416. The first-order chi connectivity index (χ1) is 9.51. The van der Waals surface area contributed by atoms with Crippen LogP contribution in [0.4, 0.5) is 10.1 Å². The minimum absolute atomic E-state index is 0.185. The molecule has 2 aromatic rings. The van der Waals surface area contributed by atoms with Crippen LogP contribution in [0, 0.1) is 5.82 Å². The van der Waals surface area contributed by atoms with Gasteiger partial charge in [-0.2, -0.15) is 0 Å². The molecule has 0 saturated carbocycles. The van der Waals surface area contributed by atoms with E-state index in [9.17, 15) is 4.39 Å². The van der Waals surface area contributed by atoms with Crippen LogP contribution in [-0.2, 0) is 0 Å². The number of rotatable bonds is 4. The molecule has 0 heterocycles. The minimum atomic E-state index is -0.234. The molecule has 0 aliphatic heterocycles. The van der Waals surface area contributed by atoms with Gasteiger partial charge in [-0.1, -0.05) is 31.9 Å². The topological polar surface area (TPSA) is 21.3 Å². The Morgan fingerprint density at radius 1 is 1.10 bits per heavy atom. The summed E-state index contributed by atoms with van der Waals surface area (Å²) in [6.45, 7) is 1.91. The van der Waals surface area contributed by atoms with E-state index in [1.807, 2.05) is 25.1 Å². The fourth-order valence-electron chi connectivity index (χ4n) is 1.95. The molecule has 0 fully saturated rings. The SMILES string of the molecule is COc1ccc(Br)cc1NC(C)c1cc(Br)ccc1F. The van der Waals surface area contributed by atoms with Crippen molar-refractivity contribution in [3.8, 4) is 5.75 Å². The molecular formula is C15H14Br2FNO. The zero-order valence-electron chi connectivity index (χ0n) is 11.1. The normalized spacial score (nSPS) is 12.1. The molecular weight excluding hydrogens is 389 g/mol. The molecule has 0 radical (unpaired) electrons. The number of methoxy groups -OCH3 is 1. The highest BCUT2D eigenvalue weighted by molar-refractivity contribution is 9.10. The summed E-state index contributed by atoms with van der Waals surface area (Å²) in [5.74, 6) is 0.484. The van der Waals surface area contributed by atoms with Crippen LogP contribution in [0.15, 0.2) is 45.3 Å². The van der Waals surface area contributed by atoms with Crippen molar-refractivity contribution >= 4 is 37.5 Å². The summed E-state index contributed by atoms with van der Waals surface area (Å²) < 4.78 is 21.0. The second kappa shape index (κ2) is 6.59. The zero-order chi connectivity index (χ0) is 14.7. The first-order valence-corrected chi connectivity index (χ1v) is 7.65. The summed E-state index contributed by atoms with van der Waals surface area (Å²) in [7, 11) is 1.61. The Kier molecular flexibility index (Phi) is 5.05. The van der Waals surface area contributed by atoms with Crippen molar-refractivity contribution in [3.05, 3.63) is 56.7 Å². The van der Waals surface area contributed by atoms with Crippen LogP contribution in [-0.4, -0.2) is 7.11 Å². The van der Waals surface area contributed by atoms with E-state index in [1.165, 1.54) is 6.07 Å². The molecule has 2 nitrogen and oxygen atoms in total. The third-order valence-corrected chi connectivity index (χ3v) is 3.94. The summed E-state index contributed by atoms with van der Waals surface area (Å²) in [5.41, 5.74) is 1.41. The predicted molar refractivity (Wildman–Crippen MR) is 86.8 cm³/mol. The van der Waals surface area contributed by atoms with Gasteiger partial charge in [-0.25, -0.2) is 4.39 Å². The molecule has 0 aliphatic rings. The third-order valence-electron chi connectivity index (χ3n) is 2.96. The molecule has 2 rings (SSSR count). The van der Waals surface area contributed by atoms with Gasteiger partial charge in [0.15, 0.2) is 0 Å². The Balaban J connectivity index is 2.29. The Morgan fingerprint density at radius 3 is 2.45 bits per heavy atom. The molecule has 2 aromatic carbocycles. The molecule has 1 atom stereocenters. The van der Waals surface area contributed by atoms with Gasteiger partial charge in [0.25, 0.3) is 0 Å². The van der Waals surface area contributed by atoms with Gasteiger partial charge >= 0.3 is 0 Å². The number of benzene rings is 2. The third kappa shape index (κ3) is 3.52. The van der Waals surface area contributed by atoms with Gasteiger partial charge in [-0.05, 0) is 43.3 Å². The van der Waals surface area contributed by atoms with Gasteiger partial charge in [-0.15, -0.1) is 0 Å². The standard InChI is InChI=1S/C15H14Br2FNO/c1-9(12-7-10(16)3-5-13(12)18)19-14-8-11(17)4-6-15(14)20-2/h3-9,19H,1-2H3. The summed E-state index contributed by atoms with van der Waals surface area (Å²) in [6.07, 6.45) is 0. The van der Waals surface area contributed by atoms with Crippen LogP contribution in [0.1, 0.15) is 18.5 Å². The van der Waals surface area contributed by atoms with E-state index < -0.39 is 0 Å². The zero-order valence-corrected chi connectivity index (χ0v) is 14.3. The van der Waals surface area contributed by atoms with Gasteiger partial charge < -0.3 is 10.1 Å². The van der Waals surface area contributed by atoms with E-state index >= 15 is 0 Å². The molecule has 106 valence electrons. The number of hydrogen-bond acceptors (Lipinski definition) is 2. The van der Waals surface area contributed by atoms with Crippen LogP contribution in [0.3, 0.4) is 0 Å². The highest BCUT2D eigenvalue weighted by Gasteiger charge is 2.13. The van der Waals surface area contributed by atoms with Crippen molar-refractivity contribution in [1.82, 2.24) is 0 Å². The molecule has 1 N–H and O–H groups in total. The van der Waals surface area contributed by atoms with Crippen molar-refractivity contribution in [1.29, 1.82) is 0 Å². The smallest absolute Gasteiger partial charge is 0.142 e. The Morgan fingerprint density at radius 2 is 1.75 bits per heavy atom. The second-order valence-electron chi connectivity index (χ2n) is 4.38. The molecule has 0 aliphatic carbocycles. The van der Waals surface area contributed by atoms with Crippen molar-refractivity contribution in [2.24, 2.45) is 0 Å². The van der Waals surface area contributed by atoms with Gasteiger partial charge in [0.1, 0.15) is 11.6 Å². The molecule has 0 bridgehead atoms. The Hall–Kier alpha value is -1.07. The molecule has 0 saturated heterocycles. The number of ether oxygens (including phenoxy) is 1. The van der Waals surface area contributed by atoms with E-state index in [4.69, 9.17) is 4.74 Å². The van der Waals surface area contributed by atoms with E-state index in [2.05, 4.69) is 37.2 Å². The van der Waals surface area contributed by atoms with Crippen molar-refractivity contribution < 1.29 is 9.13 Å². The summed E-state index contributed by atoms with van der Waals surface area (Å²) in [4.78, 5) is 0. The first kappa shape index (κ1) is 15.3. The van der Waals surface area contributed by atoms with E-state index in [1.54, 1.807) is 19.2 Å². The lowest BCUT2D eigenvalue weighted by Crippen LogP contribution is -2.09. The maximum atomic E-state index is 13.9. The fourth-order valence-corrected chi connectivity index (χ4v) is 2.69. The van der Waals surface area contributed by atoms with Gasteiger partial charge in [0.2, 0.25) is 0 Å². The van der Waals surface area contributed by atoms with Gasteiger partial charge in [-0.3, -0.25) is 0 Å². The summed E-state index contributed by atoms with van der Waals surface area (Å²) in [6, 6.07) is 10.4. The van der Waals surface area contributed by atoms with E-state index in [-0.39, 0.29) is 11.9 Å². The summed E-state index contributed by atoms with van der Waals surface area (Å²) in [5, 5.41) is 3.27. The highest BCUT2D eigenvalue weighted by atomic mass is 79.9. The van der Waals surface area contributed by atoms with Gasteiger partial charge in [0, 0.05) is 14.5 Å². The number of hydrogen-bond donors (Lipinski definition) is 1. The van der Waals surface area contributed by atoms with Crippen LogP contribution < -0.4 is 10.1 Å². The second-order valence-corrected chi connectivity index (χ2v) is 6.21. The highest BCUT2D eigenvalue weighted by Crippen LogP contribution is 2.32. The van der Waals surface area contributed by atoms with Crippen molar-refractivity contribution in [2.75, 3.05) is 12.4 Å². The monoisotopic (exact) mass is 401 g/mol. The summed E-state index contributed by atoms with van der Waals surface area (Å²) >= 11 is 6.78. The minimum Gasteiger partial charge on any atom is -0.495 e. The molecule has 1 unspecified atom stereocenters. The van der Waals surface area contributed by atoms with Crippen molar-refractivity contribution in [2.45, 2.75) is 13.0 Å². The number of halogens is 3. The van der Waals surface area contributed by atoms with Crippen LogP contribution >= 0.6 is 31.9 Å². The molecule has 0 aromatic heterocycles. The van der Waals surface area contributed by atoms with Gasteiger partial charge in [0.05, 0.1) is 18.8 Å². The average Bonchev–Trinajstić information content (AvgIpc) is 2.41. The molecule has 0 spiro atoms. The van der Waals surface area contributed by atoms with Crippen molar-refractivity contribution in [3.63, 3.8) is 0 Å². The average molecular weight is 403 g/mol. The maximum absolute atomic E-state index is 13.9. The predicted octanol–water partition coefficient (Wildman–Crippen LogP) is 5.53. The Labute approximate surface area is 134 Å². The first-order valence-electron chi connectivity index (χ1n) is 6.06. The number of nitrogens with one attached hydrogen (secondary N) is 1. The fraction of sp³-hybridized carbons (Fsp3) is 0.200. The van der Waals surface area contributed by atoms with Crippen LogP contribution in [0.25, 0.3) is 0 Å². The lowest BCUT2D eigenvalue weighted by Gasteiger charge is -2.19. The van der Waals surface area contributed by atoms with Crippen LogP contribution in [0.2, 0.25) is 0 Å². The van der Waals surface area contributed by atoms with Crippen LogP contribution in [0.5, 0.6) is 5.75 Å². The number of anilines is 1. The van der Waals surface area contributed by atoms with E-state index in [0.717, 1.165) is 20.4 Å². The molecule has 5 heteroatoms. The largest absolute Gasteiger partial charge is 0.495 e. The van der Waals surface area contributed by atoms with E-state index in [0.29, 0.717) is 5.56 Å². The Bertz CT molecular complexity index is 619. The maximum Gasteiger partial charge on any atom is 0.142 e. The molecule has 20 heavy (non-hydrogen) atoms. The lowest BCUT2D eigenvalue weighted by atomic mass is 10.1. The molecule has 0 amide bonds. The quantitative estimate of drug-likeness (QED) is 0.725.